The van der Waals surface area contributed by atoms with Crippen molar-refractivity contribution in [2.24, 2.45) is 11.8 Å². The zero-order valence-electron chi connectivity index (χ0n) is 10.5. The number of halogens is 3. The predicted molar refractivity (Wildman–Crippen MR) is 65.3 cm³/mol. The molecule has 102 valence electrons. The molecule has 5 heteroatoms. The molecule has 1 unspecified atom stereocenters. The third-order valence-corrected chi connectivity index (χ3v) is 2.94. The monoisotopic (exact) mass is 261 g/mol. The lowest BCUT2D eigenvalue weighted by atomic mass is 9.97. The van der Waals surface area contributed by atoms with E-state index in [4.69, 9.17) is 5.11 Å². The zero-order valence-corrected chi connectivity index (χ0v) is 10.5. The molecule has 0 spiro atoms. The minimum absolute atomic E-state index is 0.0175. The Morgan fingerprint density at radius 1 is 1.28 bits per heavy atom. The fourth-order valence-corrected chi connectivity index (χ4v) is 1.57. The summed E-state index contributed by atoms with van der Waals surface area (Å²) in [7, 11) is 0. The number of alkyl halides is 3. The van der Waals surface area contributed by atoms with Crippen molar-refractivity contribution in [3.8, 4) is 0 Å². The molecule has 0 bridgehead atoms. The average molecular weight is 261 g/mol. The van der Waals surface area contributed by atoms with Gasteiger partial charge in [-0.25, -0.2) is 0 Å². The molecule has 2 nitrogen and oxygen atoms in total. The molecule has 1 rings (SSSR count). The summed E-state index contributed by atoms with van der Waals surface area (Å²) in [5.74, 6) is 0.299. The molecule has 1 atom stereocenters. The number of rotatable bonds is 5. The van der Waals surface area contributed by atoms with Crippen molar-refractivity contribution in [2.75, 3.05) is 18.5 Å². The Bertz CT molecular complexity index is 377. The second kappa shape index (κ2) is 6.09. The van der Waals surface area contributed by atoms with E-state index in [-0.39, 0.29) is 18.4 Å². The van der Waals surface area contributed by atoms with E-state index in [1.807, 2.05) is 13.8 Å². The van der Waals surface area contributed by atoms with Crippen LogP contribution in [0, 0.1) is 11.8 Å². The fourth-order valence-electron chi connectivity index (χ4n) is 1.57. The summed E-state index contributed by atoms with van der Waals surface area (Å²) in [6, 6.07) is 5.07. The first-order chi connectivity index (χ1) is 8.34. The molecule has 1 aromatic rings. The molecule has 0 radical (unpaired) electrons. The van der Waals surface area contributed by atoms with Gasteiger partial charge in [0.1, 0.15) is 0 Å². The number of anilines is 1. The van der Waals surface area contributed by atoms with Gasteiger partial charge < -0.3 is 10.4 Å². The first-order valence-electron chi connectivity index (χ1n) is 5.86. The van der Waals surface area contributed by atoms with Crippen molar-refractivity contribution in [3.63, 3.8) is 0 Å². The normalized spacial score (nSPS) is 13.7. The zero-order chi connectivity index (χ0) is 13.8. The van der Waals surface area contributed by atoms with Crippen LogP contribution in [0.5, 0.6) is 0 Å². The molecule has 18 heavy (non-hydrogen) atoms. The van der Waals surface area contributed by atoms with E-state index in [1.165, 1.54) is 6.07 Å². The molecule has 0 aromatic heterocycles. The molecular weight excluding hydrogens is 243 g/mol. The van der Waals surface area contributed by atoms with Crippen LogP contribution >= 0.6 is 0 Å². The van der Waals surface area contributed by atoms with Crippen LogP contribution in [0.2, 0.25) is 0 Å². The van der Waals surface area contributed by atoms with E-state index < -0.39 is 11.7 Å². The van der Waals surface area contributed by atoms with Crippen LogP contribution in [0.1, 0.15) is 19.4 Å². The average Bonchev–Trinajstić information content (AvgIpc) is 2.28. The van der Waals surface area contributed by atoms with E-state index >= 15 is 0 Å². The van der Waals surface area contributed by atoms with Gasteiger partial charge >= 0.3 is 6.18 Å². The van der Waals surface area contributed by atoms with Crippen molar-refractivity contribution >= 4 is 5.69 Å². The van der Waals surface area contributed by atoms with Gasteiger partial charge in [-0.05, 0) is 24.1 Å². The summed E-state index contributed by atoms with van der Waals surface area (Å²) in [6.45, 7) is 4.41. The summed E-state index contributed by atoms with van der Waals surface area (Å²) in [4.78, 5) is 0. The van der Waals surface area contributed by atoms with Crippen molar-refractivity contribution in [1.82, 2.24) is 0 Å². The van der Waals surface area contributed by atoms with E-state index in [1.54, 1.807) is 6.07 Å². The summed E-state index contributed by atoms with van der Waals surface area (Å²) in [5, 5.41) is 12.1. The number of hydrogen-bond donors (Lipinski definition) is 2. The molecule has 2 N–H and O–H groups in total. The maximum atomic E-state index is 12.5. The van der Waals surface area contributed by atoms with E-state index in [0.717, 1.165) is 12.1 Å². The van der Waals surface area contributed by atoms with Gasteiger partial charge in [-0.3, -0.25) is 0 Å². The summed E-state index contributed by atoms with van der Waals surface area (Å²) < 4.78 is 37.5. The second-order valence-corrected chi connectivity index (χ2v) is 4.65. The standard InChI is InChI=1S/C13H18F3NO/c1-9(2)10(8-18)7-17-12-5-3-4-11(6-12)13(14,15)16/h3-6,9-10,17-18H,7-8H2,1-2H3. The molecule has 1 aromatic carbocycles. The Balaban J connectivity index is 2.68. The quantitative estimate of drug-likeness (QED) is 0.851. The number of aliphatic hydroxyl groups is 1. The third-order valence-electron chi connectivity index (χ3n) is 2.94. The Kier molecular flexibility index (Phi) is 5.02. The van der Waals surface area contributed by atoms with Crippen LogP contribution in [0.4, 0.5) is 18.9 Å². The second-order valence-electron chi connectivity index (χ2n) is 4.65. The number of hydrogen-bond acceptors (Lipinski definition) is 2. The highest BCUT2D eigenvalue weighted by atomic mass is 19.4. The highest BCUT2D eigenvalue weighted by molar-refractivity contribution is 5.46. The minimum Gasteiger partial charge on any atom is -0.396 e. The number of benzene rings is 1. The fraction of sp³-hybridized carbons (Fsp3) is 0.538. The Hall–Kier alpha value is -1.23. The SMILES string of the molecule is CC(C)C(CO)CNc1cccc(C(F)(F)F)c1. The van der Waals surface area contributed by atoms with Gasteiger partial charge in [0.05, 0.1) is 5.56 Å². The van der Waals surface area contributed by atoms with Gasteiger partial charge in [0.15, 0.2) is 0 Å². The first kappa shape index (κ1) is 14.8. The highest BCUT2D eigenvalue weighted by Crippen LogP contribution is 2.30. The molecule has 0 amide bonds. The van der Waals surface area contributed by atoms with Gasteiger partial charge in [-0.15, -0.1) is 0 Å². The molecule has 0 heterocycles. The van der Waals surface area contributed by atoms with E-state index in [0.29, 0.717) is 12.2 Å². The van der Waals surface area contributed by atoms with Crippen molar-refractivity contribution < 1.29 is 18.3 Å². The third kappa shape index (κ3) is 4.22. The summed E-state index contributed by atoms with van der Waals surface area (Å²) in [5.41, 5.74) is -0.249. The highest BCUT2D eigenvalue weighted by Gasteiger charge is 2.30. The van der Waals surface area contributed by atoms with Gasteiger partial charge in [0.2, 0.25) is 0 Å². The van der Waals surface area contributed by atoms with E-state index in [2.05, 4.69) is 5.32 Å². The molecule has 0 fully saturated rings. The van der Waals surface area contributed by atoms with Crippen molar-refractivity contribution in [1.29, 1.82) is 0 Å². The molecular formula is C13H18F3NO. The molecule has 0 aliphatic heterocycles. The maximum absolute atomic E-state index is 12.5. The lowest BCUT2D eigenvalue weighted by Crippen LogP contribution is -2.23. The van der Waals surface area contributed by atoms with Gasteiger partial charge in [0, 0.05) is 24.8 Å². The summed E-state index contributed by atoms with van der Waals surface area (Å²) >= 11 is 0. The Morgan fingerprint density at radius 2 is 1.94 bits per heavy atom. The van der Waals surface area contributed by atoms with Crippen molar-refractivity contribution in [2.45, 2.75) is 20.0 Å². The smallest absolute Gasteiger partial charge is 0.396 e. The predicted octanol–water partition coefficient (Wildman–Crippen LogP) is 3.38. The van der Waals surface area contributed by atoms with Crippen LogP contribution in [-0.2, 0) is 6.18 Å². The maximum Gasteiger partial charge on any atom is 0.416 e. The van der Waals surface area contributed by atoms with Crippen molar-refractivity contribution in [3.05, 3.63) is 29.8 Å². The molecule has 0 saturated carbocycles. The summed E-state index contributed by atoms with van der Waals surface area (Å²) in [6.07, 6.45) is -4.33. The van der Waals surface area contributed by atoms with E-state index in [9.17, 15) is 13.2 Å². The topological polar surface area (TPSA) is 32.3 Å². The lowest BCUT2D eigenvalue weighted by Gasteiger charge is -2.19. The van der Waals surface area contributed by atoms with Gasteiger partial charge in [0.25, 0.3) is 0 Å². The molecule has 0 saturated heterocycles. The van der Waals surface area contributed by atoms with Crippen LogP contribution < -0.4 is 5.32 Å². The van der Waals surface area contributed by atoms with Gasteiger partial charge in [-0.2, -0.15) is 13.2 Å². The van der Waals surface area contributed by atoms with Crippen LogP contribution in [-0.4, -0.2) is 18.3 Å². The van der Waals surface area contributed by atoms with Crippen LogP contribution in [0.3, 0.4) is 0 Å². The largest absolute Gasteiger partial charge is 0.416 e. The number of aliphatic hydroxyl groups excluding tert-OH is 1. The lowest BCUT2D eigenvalue weighted by molar-refractivity contribution is -0.137. The first-order valence-corrected chi connectivity index (χ1v) is 5.86. The minimum atomic E-state index is -4.33. The van der Waals surface area contributed by atoms with Crippen LogP contribution in [0.15, 0.2) is 24.3 Å². The molecule has 0 aliphatic rings. The Labute approximate surface area is 105 Å². The van der Waals surface area contributed by atoms with Gasteiger partial charge in [-0.1, -0.05) is 19.9 Å². The Morgan fingerprint density at radius 3 is 2.44 bits per heavy atom. The van der Waals surface area contributed by atoms with Crippen LogP contribution in [0.25, 0.3) is 0 Å². The molecule has 0 aliphatic carbocycles. The number of nitrogens with one attached hydrogen (secondary N) is 1.